The van der Waals surface area contributed by atoms with Crippen molar-refractivity contribution in [3.63, 3.8) is 0 Å². The van der Waals surface area contributed by atoms with Gasteiger partial charge in [-0.1, -0.05) is 22.6 Å². The van der Waals surface area contributed by atoms with Crippen molar-refractivity contribution in [3.8, 4) is 0 Å². The Labute approximate surface area is 128 Å². The maximum absolute atomic E-state index is 12.5. The normalized spacial score (nSPS) is 24.9. The molecule has 1 N–H and O–H groups in total. The van der Waals surface area contributed by atoms with E-state index in [4.69, 9.17) is 0 Å². The quantitative estimate of drug-likeness (QED) is 0.443. The average molecular weight is 407 g/mol. The first kappa shape index (κ1) is 17.5. The van der Waals surface area contributed by atoms with Gasteiger partial charge < -0.3 is 10.1 Å². The minimum Gasteiger partial charge on any atom is -0.468 e. The topological polar surface area (TPSA) is 55.4 Å². The Bertz CT molecular complexity index is 354. The summed E-state index contributed by atoms with van der Waals surface area (Å²) in [5, 5.41) is 2.59. The predicted molar refractivity (Wildman–Crippen MR) is 74.3 cm³/mol. The van der Waals surface area contributed by atoms with Crippen molar-refractivity contribution < 1.29 is 27.5 Å². The van der Waals surface area contributed by atoms with Gasteiger partial charge in [-0.05, 0) is 25.7 Å². The summed E-state index contributed by atoms with van der Waals surface area (Å²) in [6, 6.07) is 0. The maximum atomic E-state index is 12.5. The van der Waals surface area contributed by atoms with Gasteiger partial charge in [0.15, 0.2) is 0 Å². The van der Waals surface area contributed by atoms with Gasteiger partial charge in [0.05, 0.1) is 13.0 Å². The number of hydrogen-bond acceptors (Lipinski definition) is 3. The Morgan fingerprint density at radius 1 is 1.30 bits per heavy atom. The van der Waals surface area contributed by atoms with Crippen LogP contribution < -0.4 is 5.32 Å². The van der Waals surface area contributed by atoms with Crippen LogP contribution in [0, 0.1) is 11.8 Å². The van der Waals surface area contributed by atoms with Crippen molar-refractivity contribution in [2.24, 2.45) is 11.8 Å². The standard InChI is InChI=1S/C12H17F3INO3/c1-20-11(19)9(16)6-17-10(18)7-2-4-8(5-3-7)12(13,14)15/h7-9H,2-6H2,1H3,(H,17,18). The Balaban J connectivity index is 2.35. The predicted octanol–water partition coefficient (Wildman–Crippen LogP) is 2.45. The molecule has 1 atom stereocenters. The summed E-state index contributed by atoms with van der Waals surface area (Å²) < 4.78 is 41.5. The first-order valence-electron chi connectivity index (χ1n) is 6.32. The largest absolute Gasteiger partial charge is 0.468 e. The third-order valence-corrected chi connectivity index (χ3v) is 4.42. The number of halogens is 4. The van der Waals surface area contributed by atoms with Crippen molar-refractivity contribution >= 4 is 34.5 Å². The molecule has 1 fully saturated rings. The average Bonchev–Trinajstić information content (AvgIpc) is 2.42. The first-order valence-corrected chi connectivity index (χ1v) is 7.56. The van der Waals surface area contributed by atoms with E-state index >= 15 is 0 Å². The molecule has 8 heteroatoms. The van der Waals surface area contributed by atoms with Crippen molar-refractivity contribution in [3.05, 3.63) is 0 Å². The monoisotopic (exact) mass is 407 g/mol. The smallest absolute Gasteiger partial charge is 0.391 e. The lowest BCUT2D eigenvalue weighted by Crippen LogP contribution is -2.39. The van der Waals surface area contributed by atoms with E-state index in [1.807, 2.05) is 22.6 Å². The fourth-order valence-corrected chi connectivity index (χ4v) is 2.70. The minimum absolute atomic E-state index is 0.00769. The minimum atomic E-state index is -4.17. The molecule has 1 amide bonds. The summed E-state index contributed by atoms with van der Waals surface area (Å²) in [6.07, 6.45) is -3.71. The number of methoxy groups -OCH3 is 1. The Kier molecular flexibility index (Phi) is 6.53. The molecule has 1 saturated carbocycles. The molecular weight excluding hydrogens is 390 g/mol. The molecular formula is C12H17F3INO3. The molecule has 0 heterocycles. The Morgan fingerprint density at radius 3 is 2.30 bits per heavy atom. The van der Waals surface area contributed by atoms with Crippen LogP contribution in [0.25, 0.3) is 0 Å². The SMILES string of the molecule is COC(=O)C(I)CNC(=O)C1CCC(C(F)(F)F)CC1. The van der Waals surface area contributed by atoms with Crippen LogP contribution in [0.15, 0.2) is 0 Å². The summed E-state index contributed by atoms with van der Waals surface area (Å²) in [4.78, 5) is 23.0. The molecule has 0 radical (unpaired) electrons. The van der Waals surface area contributed by atoms with Crippen LogP contribution in [0.2, 0.25) is 0 Å². The molecule has 1 aliphatic rings. The van der Waals surface area contributed by atoms with E-state index in [-0.39, 0.29) is 38.1 Å². The van der Waals surface area contributed by atoms with Crippen molar-refractivity contribution in [2.45, 2.75) is 35.8 Å². The molecule has 0 saturated heterocycles. The summed E-state index contributed by atoms with van der Waals surface area (Å²) in [5.41, 5.74) is 0. The second-order valence-corrected chi connectivity index (χ2v) is 6.33. The van der Waals surface area contributed by atoms with E-state index in [0.717, 1.165) is 0 Å². The van der Waals surface area contributed by atoms with E-state index in [1.165, 1.54) is 7.11 Å². The third-order valence-electron chi connectivity index (χ3n) is 3.47. The van der Waals surface area contributed by atoms with Crippen LogP contribution in [0.4, 0.5) is 13.2 Å². The second kappa shape index (κ2) is 7.46. The highest BCUT2D eigenvalue weighted by atomic mass is 127. The zero-order chi connectivity index (χ0) is 15.3. The highest BCUT2D eigenvalue weighted by molar-refractivity contribution is 14.1. The van der Waals surface area contributed by atoms with E-state index < -0.39 is 27.9 Å². The zero-order valence-corrected chi connectivity index (χ0v) is 13.2. The van der Waals surface area contributed by atoms with Gasteiger partial charge in [-0.2, -0.15) is 13.2 Å². The highest BCUT2D eigenvalue weighted by Crippen LogP contribution is 2.39. The summed E-state index contributed by atoms with van der Waals surface area (Å²) in [7, 11) is 1.26. The van der Waals surface area contributed by atoms with Crippen LogP contribution in [-0.2, 0) is 14.3 Å². The van der Waals surface area contributed by atoms with E-state index in [1.54, 1.807) is 0 Å². The fraction of sp³-hybridized carbons (Fsp3) is 0.833. The molecule has 0 spiro atoms. The van der Waals surface area contributed by atoms with Gasteiger partial charge in [-0.15, -0.1) is 0 Å². The lowest BCUT2D eigenvalue weighted by molar-refractivity contribution is -0.184. The lowest BCUT2D eigenvalue weighted by Gasteiger charge is -2.29. The van der Waals surface area contributed by atoms with Gasteiger partial charge in [-0.3, -0.25) is 9.59 Å². The molecule has 116 valence electrons. The highest BCUT2D eigenvalue weighted by Gasteiger charge is 2.42. The maximum Gasteiger partial charge on any atom is 0.391 e. The number of esters is 1. The summed E-state index contributed by atoms with van der Waals surface area (Å²) in [5.74, 6) is -2.41. The Morgan fingerprint density at radius 2 is 1.85 bits per heavy atom. The van der Waals surface area contributed by atoms with Crippen molar-refractivity contribution in [1.29, 1.82) is 0 Å². The number of carbonyl (C=O) groups excluding carboxylic acids is 2. The number of carbonyl (C=O) groups is 2. The fourth-order valence-electron chi connectivity index (χ4n) is 2.23. The van der Waals surface area contributed by atoms with Crippen LogP contribution >= 0.6 is 22.6 Å². The second-order valence-electron chi connectivity index (χ2n) is 4.83. The van der Waals surface area contributed by atoms with E-state index in [9.17, 15) is 22.8 Å². The van der Waals surface area contributed by atoms with Crippen LogP contribution in [0.1, 0.15) is 25.7 Å². The number of alkyl halides is 4. The Hall–Kier alpha value is -0.540. The molecule has 1 aliphatic carbocycles. The number of ether oxygens (including phenoxy) is 1. The van der Waals surface area contributed by atoms with Crippen LogP contribution in [0.5, 0.6) is 0 Å². The van der Waals surface area contributed by atoms with Gasteiger partial charge in [0.25, 0.3) is 0 Å². The molecule has 20 heavy (non-hydrogen) atoms. The number of hydrogen-bond donors (Lipinski definition) is 1. The van der Waals surface area contributed by atoms with Gasteiger partial charge >= 0.3 is 12.1 Å². The molecule has 0 aromatic rings. The van der Waals surface area contributed by atoms with E-state index in [0.29, 0.717) is 0 Å². The molecule has 0 bridgehead atoms. The molecule has 0 aromatic heterocycles. The van der Waals surface area contributed by atoms with Crippen molar-refractivity contribution in [2.75, 3.05) is 13.7 Å². The molecule has 0 aromatic carbocycles. The van der Waals surface area contributed by atoms with Gasteiger partial charge in [0, 0.05) is 12.5 Å². The van der Waals surface area contributed by atoms with Gasteiger partial charge in [0.2, 0.25) is 5.91 Å². The lowest BCUT2D eigenvalue weighted by atomic mass is 9.81. The van der Waals surface area contributed by atoms with E-state index in [2.05, 4.69) is 10.1 Å². The zero-order valence-electron chi connectivity index (χ0n) is 11.0. The third kappa shape index (κ3) is 5.10. The van der Waals surface area contributed by atoms with Crippen LogP contribution in [0.3, 0.4) is 0 Å². The van der Waals surface area contributed by atoms with Crippen LogP contribution in [-0.4, -0.2) is 35.6 Å². The van der Waals surface area contributed by atoms with Gasteiger partial charge in [-0.25, -0.2) is 0 Å². The number of amides is 1. The summed E-state index contributed by atoms with van der Waals surface area (Å²) >= 11 is 1.85. The first-order chi connectivity index (χ1) is 9.25. The summed E-state index contributed by atoms with van der Waals surface area (Å²) in [6.45, 7) is 0.130. The van der Waals surface area contributed by atoms with Crippen molar-refractivity contribution in [1.82, 2.24) is 5.32 Å². The number of nitrogens with one attached hydrogen (secondary N) is 1. The molecule has 1 unspecified atom stereocenters. The molecule has 1 rings (SSSR count). The molecule has 0 aliphatic heterocycles. The molecule has 4 nitrogen and oxygen atoms in total. The van der Waals surface area contributed by atoms with Gasteiger partial charge in [0.1, 0.15) is 3.92 Å². The number of rotatable bonds is 4.